The summed E-state index contributed by atoms with van der Waals surface area (Å²) in [4.78, 5) is 16.5. The highest BCUT2D eigenvalue weighted by molar-refractivity contribution is 6.31. The van der Waals surface area contributed by atoms with Crippen LogP contribution in [0.2, 0.25) is 5.02 Å². The molecule has 6 nitrogen and oxygen atoms in total. The molecule has 0 bridgehead atoms. The third-order valence-corrected chi connectivity index (χ3v) is 3.92. The van der Waals surface area contributed by atoms with Crippen LogP contribution < -0.4 is 0 Å². The molecule has 112 valence electrons. The Morgan fingerprint density at radius 1 is 1.59 bits per heavy atom. The molecule has 7 heteroatoms. The van der Waals surface area contributed by atoms with Gasteiger partial charge in [0.1, 0.15) is 18.0 Å². The van der Waals surface area contributed by atoms with Crippen molar-refractivity contribution in [2.75, 3.05) is 6.61 Å². The minimum Gasteiger partial charge on any atom is -0.452 e. The summed E-state index contributed by atoms with van der Waals surface area (Å²) in [6.45, 7) is 1.39. The number of imidazole rings is 1. The number of carbonyl (C=O) groups is 1. The van der Waals surface area contributed by atoms with Gasteiger partial charge in [-0.2, -0.15) is 5.26 Å². The van der Waals surface area contributed by atoms with Crippen LogP contribution in [0.25, 0.3) is 5.69 Å². The van der Waals surface area contributed by atoms with Crippen molar-refractivity contribution in [3.05, 3.63) is 46.5 Å². The SMILES string of the molecule is CC1(CO)Cc2ncn(-c3ccc(C#N)c(Cl)c3)c2C(=O)O1. The zero-order valence-electron chi connectivity index (χ0n) is 11.7. The smallest absolute Gasteiger partial charge is 0.357 e. The highest BCUT2D eigenvalue weighted by Crippen LogP contribution is 2.29. The lowest BCUT2D eigenvalue weighted by Gasteiger charge is -2.31. The maximum atomic E-state index is 12.2. The molecule has 1 N–H and O–H groups in total. The quantitative estimate of drug-likeness (QED) is 0.854. The minimum atomic E-state index is -0.953. The Bertz CT molecular complexity index is 809. The van der Waals surface area contributed by atoms with E-state index in [2.05, 4.69) is 4.98 Å². The average molecular weight is 318 g/mol. The lowest BCUT2D eigenvalue weighted by molar-refractivity contribution is -0.0434. The zero-order valence-corrected chi connectivity index (χ0v) is 12.5. The van der Waals surface area contributed by atoms with Gasteiger partial charge in [0.25, 0.3) is 0 Å². The summed E-state index contributed by atoms with van der Waals surface area (Å²) >= 11 is 6.03. The first-order valence-electron chi connectivity index (χ1n) is 6.58. The van der Waals surface area contributed by atoms with E-state index in [9.17, 15) is 9.90 Å². The molecule has 0 saturated heterocycles. The number of ether oxygens (including phenoxy) is 1. The Morgan fingerprint density at radius 3 is 3.00 bits per heavy atom. The van der Waals surface area contributed by atoms with Gasteiger partial charge in [-0.25, -0.2) is 9.78 Å². The molecule has 2 aromatic rings. The summed E-state index contributed by atoms with van der Waals surface area (Å²) in [6, 6.07) is 6.83. The first kappa shape index (κ1) is 14.6. The summed E-state index contributed by atoms with van der Waals surface area (Å²) in [5, 5.41) is 18.6. The van der Waals surface area contributed by atoms with Gasteiger partial charge in [0.15, 0.2) is 5.69 Å². The van der Waals surface area contributed by atoms with Crippen molar-refractivity contribution in [3.63, 3.8) is 0 Å². The molecule has 3 rings (SSSR count). The van der Waals surface area contributed by atoms with E-state index < -0.39 is 11.6 Å². The van der Waals surface area contributed by atoms with E-state index in [1.165, 1.54) is 6.33 Å². The minimum absolute atomic E-state index is 0.270. The Labute approximate surface area is 131 Å². The largest absolute Gasteiger partial charge is 0.452 e. The number of nitriles is 1. The van der Waals surface area contributed by atoms with Crippen LogP contribution in [0.4, 0.5) is 0 Å². The highest BCUT2D eigenvalue weighted by atomic mass is 35.5. The van der Waals surface area contributed by atoms with Gasteiger partial charge in [-0.05, 0) is 25.1 Å². The van der Waals surface area contributed by atoms with Crippen molar-refractivity contribution in [1.82, 2.24) is 9.55 Å². The Balaban J connectivity index is 2.08. The standard InChI is InChI=1S/C15H12ClN3O3/c1-15(7-20)5-12-13(14(21)22-15)19(8-18-12)10-3-2-9(6-17)11(16)4-10/h2-4,8,20H,5,7H2,1H3. The van der Waals surface area contributed by atoms with Crippen LogP contribution in [0.5, 0.6) is 0 Å². The molecule has 0 saturated carbocycles. The number of fused-ring (bicyclic) bond motifs is 1. The number of esters is 1. The molecule has 0 amide bonds. The van der Waals surface area contributed by atoms with Crippen LogP contribution in [0.3, 0.4) is 0 Å². The predicted octanol–water partition coefficient (Wildman–Crippen LogP) is 1.86. The number of hydrogen-bond donors (Lipinski definition) is 1. The number of aliphatic hydroxyl groups is 1. The van der Waals surface area contributed by atoms with Gasteiger partial charge < -0.3 is 9.84 Å². The molecule has 0 radical (unpaired) electrons. The predicted molar refractivity (Wildman–Crippen MR) is 77.9 cm³/mol. The van der Waals surface area contributed by atoms with Crippen molar-refractivity contribution in [2.24, 2.45) is 0 Å². The van der Waals surface area contributed by atoms with Crippen LogP contribution in [0.15, 0.2) is 24.5 Å². The fourth-order valence-electron chi connectivity index (χ4n) is 2.42. The maximum Gasteiger partial charge on any atom is 0.357 e. The molecular weight excluding hydrogens is 306 g/mol. The summed E-state index contributed by atoms with van der Waals surface area (Å²) in [6.07, 6.45) is 1.84. The molecule has 1 aliphatic heterocycles. The van der Waals surface area contributed by atoms with Gasteiger partial charge in [-0.1, -0.05) is 11.6 Å². The highest BCUT2D eigenvalue weighted by Gasteiger charge is 2.39. The van der Waals surface area contributed by atoms with E-state index >= 15 is 0 Å². The normalized spacial score (nSPS) is 20.2. The molecule has 1 aromatic carbocycles. The number of halogens is 1. The molecule has 0 aliphatic carbocycles. The zero-order chi connectivity index (χ0) is 15.9. The van der Waals surface area contributed by atoms with Gasteiger partial charge in [0.05, 0.1) is 22.9 Å². The van der Waals surface area contributed by atoms with Crippen LogP contribution in [-0.4, -0.2) is 32.8 Å². The maximum absolute atomic E-state index is 12.2. The molecule has 1 aliphatic rings. The fraction of sp³-hybridized carbons (Fsp3) is 0.267. The summed E-state index contributed by atoms with van der Waals surface area (Å²) < 4.78 is 6.88. The number of aromatic nitrogens is 2. The Kier molecular flexibility index (Phi) is 3.39. The second kappa shape index (κ2) is 5.13. The number of aliphatic hydroxyl groups excluding tert-OH is 1. The van der Waals surface area contributed by atoms with Crippen molar-refractivity contribution in [1.29, 1.82) is 5.26 Å². The summed E-state index contributed by atoms with van der Waals surface area (Å²) in [5.41, 5.74) is 0.892. The van der Waals surface area contributed by atoms with E-state index in [1.54, 1.807) is 29.7 Å². The summed E-state index contributed by atoms with van der Waals surface area (Å²) in [5.74, 6) is -0.546. The van der Waals surface area contributed by atoms with Gasteiger partial charge in [-0.3, -0.25) is 4.57 Å². The summed E-state index contributed by atoms with van der Waals surface area (Å²) in [7, 11) is 0. The third kappa shape index (κ3) is 2.25. The molecule has 1 unspecified atom stereocenters. The number of hydrogen-bond acceptors (Lipinski definition) is 5. The van der Waals surface area contributed by atoms with Crippen molar-refractivity contribution in [3.8, 4) is 11.8 Å². The molecule has 0 fully saturated rings. The molecular formula is C15H12ClN3O3. The van der Waals surface area contributed by atoms with E-state index in [0.717, 1.165) is 0 Å². The molecule has 0 spiro atoms. The van der Waals surface area contributed by atoms with Crippen LogP contribution >= 0.6 is 11.6 Å². The third-order valence-electron chi connectivity index (χ3n) is 3.60. The number of benzene rings is 1. The Morgan fingerprint density at radius 2 is 2.36 bits per heavy atom. The number of nitrogens with zero attached hydrogens (tertiary/aromatic N) is 3. The molecule has 2 heterocycles. The van der Waals surface area contributed by atoms with E-state index in [-0.39, 0.29) is 6.61 Å². The van der Waals surface area contributed by atoms with E-state index in [0.29, 0.717) is 34.1 Å². The second-order valence-corrected chi connectivity index (χ2v) is 5.77. The first-order chi connectivity index (χ1) is 10.5. The van der Waals surface area contributed by atoms with Crippen molar-refractivity contribution in [2.45, 2.75) is 18.9 Å². The number of carbonyl (C=O) groups excluding carboxylic acids is 1. The van der Waals surface area contributed by atoms with Gasteiger partial charge in [0.2, 0.25) is 0 Å². The monoisotopic (exact) mass is 317 g/mol. The molecule has 1 atom stereocenters. The number of cyclic esters (lactones) is 1. The van der Waals surface area contributed by atoms with Gasteiger partial charge >= 0.3 is 5.97 Å². The van der Waals surface area contributed by atoms with Crippen LogP contribution in [0, 0.1) is 11.3 Å². The average Bonchev–Trinajstić information content (AvgIpc) is 2.91. The topological polar surface area (TPSA) is 88.1 Å². The Hall–Kier alpha value is -2.36. The number of rotatable bonds is 2. The van der Waals surface area contributed by atoms with Crippen LogP contribution in [-0.2, 0) is 11.2 Å². The molecule has 22 heavy (non-hydrogen) atoms. The van der Waals surface area contributed by atoms with Gasteiger partial charge in [0, 0.05) is 12.1 Å². The lowest BCUT2D eigenvalue weighted by atomic mass is 9.97. The van der Waals surface area contributed by atoms with E-state index in [1.807, 2.05) is 6.07 Å². The fourth-order valence-corrected chi connectivity index (χ4v) is 2.64. The molecule has 1 aromatic heterocycles. The van der Waals surface area contributed by atoms with E-state index in [4.69, 9.17) is 21.6 Å². The van der Waals surface area contributed by atoms with Crippen molar-refractivity contribution < 1.29 is 14.6 Å². The van der Waals surface area contributed by atoms with Gasteiger partial charge in [-0.15, -0.1) is 0 Å². The van der Waals surface area contributed by atoms with Crippen molar-refractivity contribution >= 4 is 17.6 Å². The first-order valence-corrected chi connectivity index (χ1v) is 6.96. The lowest BCUT2D eigenvalue weighted by Crippen LogP contribution is -2.42. The van der Waals surface area contributed by atoms with Crippen LogP contribution in [0.1, 0.15) is 28.7 Å². The second-order valence-electron chi connectivity index (χ2n) is 5.36.